The molecular formula is C14H13BrF2S. The van der Waals surface area contributed by atoms with E-state index in [1.807, 2.05) is 12.1 Å². The highest BCUT2D eigenvalue weighted by Crippen LogP contribution is 2.37. The Bertz CT molecular complexity index is 563. The third kappa shape index (κ3) is 2.64. The van der Waals surface area contributed by atoms with Crippen LogP contribution in [0.25, 0.3) is 0 Å². The monoisotopic (exact) mass is 330 g/mol. The Balaban J connectivity index is 2.39. The fourth-order valence-electron chi connectivity index (χ4n) is 1.75. The Kier molecular flexibility index (Phi) is 4.17. The molecule has 4 heteroatoms. The van der Waals surface area contributed by atoms with Crippen LogP contribution < -0.4 is 0 Å². The van der Waals surface area contributed by atoms with E-state index >= 15 is 0 Å². The quantitative estimate of drug-likeness (QED) is 0.662. The van der Waals surface area contributed by atoms with Crippen molar-refractivity contribution in [2.45, 2.75) is 25.1 Å². The summed E-state index contributed by atoms with van der Waals surface area (Å²) in [6.45, 7) is 3.73. The van der Waals surface area contributed by atoms with Gasteiger partial charge in [0.15, 0.2) is 0 Å². The van der Waals surface area contributed by atoms with E-state index < -0.39 is 11.6 Å². The largest absolute Gasteiger partial charge is 0.207 e. The van der Waals surface area contributed by atoms with Gasteiger partial charge in [-0.15, -0.1) is 11.3 Å². The summed E-state index contributed by atoms with van der Waals surface area (Å²) in [7, 11) is 0. The normalized spacial score (nSPS) is 12.7. The zero-order valence-electron chi connectivity index (χ0n) is 10.1. The molecule has 0 bridgehead atoms. The summed E-state index contributed by atoms with van der Waals surface area (Å²) in [6, 6.07) is 6.55. The van der Waals surface area contributed by atoms with Gasteiger partial charge in [-0.25, -0.2) is 8.78 Å². The minimum absolute atomic E-state index is 0.220. The zero-order valence-corrected chi connectivity index (χ0v) is 12.5. The lowest BCUT2D eigenvalue weighted by Crippen LogP contribution is -1.97. The van der Waals surface area contributed by atoms with E-state index in [-0.39, 0.29) is 4.83 Å². The zero-order chi connectivity index (χ0) is 13.3. The van der Waals surface area contributed by atoms with Crippen LogP contribution in [0.1, 0.15) is 32.6 Å². The molecule has 2 aromatic rings. The molecule has 1 atom stereocenters. The molecule has 0 N–H and O–H groups in total. The summed E-state index contributed by atoms with van der Waals surface area (Å²) >= 11 is 5.14. The van der Waals surface area contributed by atoms with Crippen LogP contribution in [0, 0.1) is 18.6 Å². The minimum Gasteiger partial charge on any atom is -0.207 e. The first-order chi connectivity index (χ1) is 8.52. The molecule has 18 heavy (non-hydrogen) atoms. The summed E-state index contributed by atoms with van der Waals surface area (Å²) in [6.07, 6.45) is 0.968. The summed E-state index contributed by atoms with van der Waals surface area (Å²) in [5.41, 5.74) is 0.946. The molecular weight excluding hydrogens is 318 g/mol. The highest BCUT2D eigenvalue weighted by Gasteiger charge is 2.18. The molecule has 0 nitrogen and oxygen atoms in total. The minimum atomic E-state index is -0.508. The van der Waals surface area contributed by atoms with Crippen LogP contribution in [0.15, 0.2) is 24.3 Å². The smallest absolute Gasteiger partial charge is 0.130 e. The van der Waals surface area contributed by atoms with Crippen molar-refractivity contribution in [3.05, 3.63) is 56.8 Å². The van der Waals surface area contributed by atoms with E-state index in [1.165, 1.54) is 4.88 Å². The van der Waals surface area contributed by atoms with Crippen molar-refractivity contribution in [2.75, 3.05) is 0 Å². The first-order valence-corrected chi connectivity index (χ1v) is 7.44. The van der Waals surface area contributed by atoms with Crippen molar-refractivity contribution < 1.29 is 8.78 Å². The standard InChI is InChI=1S/C14H13BrF2S/c1-3-9-4-5-13(18-9)14(15)10-6-8(2)11(16)7-12(10)17/h4-7,14H,3H2,1-2H3. The number of rotatable bonds is 3. The second kappa shape index (κ2) is 5.49. The van der Waals surface area contributed by atoms with Crippen LogP contribution >= 0.6 is 27.3 Å². The van der Waals surface area contributed by atoms with Gasteiger partial charge in [0.25, 0.3) is 0 Å². The predicted octanol–water partition coefficient (Wildman–Crippen LogP) is 5.38. The number of hydrogen-bond acceptors (Lipinski definition) is 1. The Labute approximate surface area is 118 Å². The third-order valence-electron chi connectivity index (χ3n) is 2.83. The topological polar surface area (TPSA) is 0 Å². The summed E-state index contributed by atoms with van der Waals surface area (Å²) < 4.78 is 27.0. The Morgan fingerprint density at radius 2 is 1.94 bits per heavy atom. The molecule has 1 unspecified atom stereocenters. The molecule has 0 saturated heterocycles. The lowest BCUT2D eigenvalue weighted by atomic mass is 10.1. The lowest BCUT2D eigenvalue weighted by Gasteiger charge is -2.11. The second-order valence-corrected chi connectivity index (χ2v) is 6.26. The molecule has 2 rings (SSSR count). The van der Waals surface area contributed by atoms with Gasteiger partial charge in [-0.05, 0) is 37.1 Å². The molecule has 0 aliphatic carbocycles. The maximum absolute atomic E-state index is 13.8. The second-order valence-electron chi connectivity index (χ2n) is 4.14. The summed E-state index contributed by atoms with van der Waals surface area (Å²) in [5, 5.41) is 0. The highest BCUT2D eigenvalue weighted by atomic mass is 79.9. The number of halogens is 3. The van der Waals surface area contributed by atoms with Crippen LogP contribution in [0.4, 0.5) is 8.78 Å². The molecule has 0 saturated carbocycles. The molecule has 96 valence electrons. The van der Waals surface area contributed by atoms with Gasteiger partial charge in [0.05, 0.1) is 4.83 Å². The van der Waals surface area contributed by atoms with Gasteiger partial charge in [-0.2, -0.15) is 0 Å². The van der Waals surface area contributed by atoms with E-state index in [4.69, 9.17) is 0 Å². The SMILES string of the molecule is CCc1ccc(C(Br)c2cc(C)c(F)cc2F)s1. The van der Waals surface area contributed by atoms with Crippen molar-refractivity contribution in [3.63, 3.8) is 0 Å². The van der Waals surface area contributed by atoms with E-state index in [1.54, 1.807) is 24.3 Å². The molecule has 1 aromatic heterocycles. The Hall–Kier alpha value is -0.740. The number of alkyl halides is 1. The van der Waals surface area contributed by atoms with Crippen molar-refractivity contribution >= 4 is 27.3 Å². The fourth-order valence-corrected chi connectivity index (χ4v) is 3.48. The average Bonchev–Trinajstić information content (AvgIpc) is 2.81. The van der Waals surface area contributed by atoms with Gasteiger partial charge in [0, 0.05) is 21.4 Å². The van der Waals surface area contributed by atoms with Gasteiger partial charge in [-0.3, -0.25) is 0 Å². The average molecular weight is 331 g/mol. The van der Waals surface area contributed by atoms with Crippen LogP contribution in [0.5, 0.6) is 0 Å². The van der Waals surface area contributed by atoms with Crippen molar-refractivity contribution in [1.29, 1.82) is 0 Å². The third-order valence-corrected chi connectivity index (χ3v) is 5.42. The molecule has 1 heterocycles. The number of hydrogen-bond donors (Lipinski definition) is 0. The van der Waals surface area contributed by atoms with Crippen LogP contribution in [-0.4, -0.2) is 0 Å². The molecule has 1 aromatic carbocycles. The molecule has 0 aliphatic heterocycles. The van der Waals surface area contributed by atoms with Crippen molar-refractivity contribution in [2.24, 2.45) is 0 Å². The fraction of sp³-hybridized carbons (Fsp3) is 0.286. The lowest BCUT2D eigenvalue weighted by molar-refractivity contribution is 0.569. The highest BCUT2D eigenvalue weighted by molar-refractivity contribution is 9.09. The molecule has 0 spiro atoms. The van der Waals surface area contributed by atoms with E-state index in [9.17, 15) is 8.78 Å². The first-order valence-electron chi connectivity index (χ1n) is 5.71. The first kappa shape index (κ1) is 13.7. The van der Waals surface area contributed by atoms with Gasteiger partial charge in [-0.1, -0.05) is 22.9 Å². The number of aryl methyl sites for hydroxylation is 2. The molecule has 0 fully saturated rings. The number of thiophene rings is 1. The van der Waals surface area contributed by atoms with Crippen LogP contribution in [0.2, 0.25) is 0 Å². The molecule has 0 amide bonds. The van der Waals surface area contributed by atoms with Gasteiger partial charge in [0.2, 0.25) is 0 Å². The van der Waals surface area contributed by atoms with Crippen LogP contribution in [-0.2, 0) is 6.42 Å². The predicted molar refractivity (Wildman–Crippen MR) is 75.6 cm³/mol. The molecule has 0 aliphatic rings. The van der Waals surface area contributed by atoms with E-state index in [0.29, 0.717) is 11.1 Å². The van der Waals surface area contributed by atoms with Gasteiger partial charge < -0.3 is 0 Å². The maximum atomic E-state index is 13.8. The van der Waals surface area contributed by atoms with Gasteiger partial charge in [0.1, 0.15) is 11.6 Å². The van der Waals surface area contributed by atoms with E-state index in [0.717, 1.165) is 17.4 Å². The van der Waals surface area contributed by atoms with Gasteiger partial charge >= 0.3 is 0 Å². The van der Waals surface area contributed by atoms with Crippen molar-refractivity contribution in [3.8, 4) is 0 Å². The molecule has 0 radical (unpaired) electrons. The van der Waals surface area contributed by atoms with Crippen molar-refractivity contribution in [1.82, 2.24) is 0 Å². The summed E-state index contributed by atoms with van der Waals surface area (Å²) in [4.78, 5) is 2.08. The maximum Gasteiger partial charge on any atom is 0.130 e. The van der Waals surface area contributed by atoms with E-state index in [2.05, 4.69) is 22.9 Å². The summed E-state index contributed by atoms with van der Waals surface area (Å²) in [5.74, 6) is -1.01. The number of benzene rings is 1. The Morgan fingerprint density at radius 1 is 1.22 bits per heavy atom. The Morgan fingerprint density at radius 3 is 2.56 bits per heavy atom. The van der Waals surface area contributed by atoms with Crippen LogP contribution in [0.3, 0.4) is 0 Å².